The van der Waals surface area contributed by atoms with Crippen molar-refractivity contribution < 1.29 is 13.2 Å². The van der Waals surface area contributed by atoms with Gasteiger partial charge in [0, 0.05) is 7.11 Å². The lowest BCUT2D eigenvalue weighted by molar-refractivity contribution is 0.179. The first-order chi connectivity index (χ1) is 15.2. The summed E-state index contributed by atoms with van der Waals surface area (Å²) in [6.45, 7) is 2.37. The number of nitrogens with zero attached hydrogens (tertiary/aromatic N) is 1. The molecular weight excluding hydrogens is 464 g/mol. The molecule has 4 N–H and O–H groups in total. The SMILES string of the molecule is COCc1nc2cc(-c3cccc(S(=O)(=O)c4cc(C(=N)N)sc4SC)c3)c(C)cc2[nH]1. The van der Waals surface area contributed by atoms with Crippen LogP contribution in [0.5, 0.6) is 0 Å². The smallest absolute Gasteiger partial charge is 0.208 e. The Morgan fingerprint density at radius 1 is 1.28 bits per heavy atom. The fraction of sp³-hybridized carbons (Fsp3) is 0.182. The molecule has 0 spiro atoms. The van der Waals surface area contributed by atoms with Crippen LogP contribution in [-0.4, -0.2) is 37.6 Å². The number of aromatic amines is 1. The first kappa shape index (κ1) is 22.5. The topological polar surface area (TPSA) is 122 Å². The van der Waals surface area contributed by atoms with E-state index in [2.05, 4.69) is 9.97 Å². The number of aromatic nitrogens is 2. The maximum atomic E-state index is 13.5. The van der Waals surface area contributed by atoms with Crippen LogP contribution in [0, 0.1) is 12.3 Å². The summed E-state index contributed by atoms with van der Waals surface area (Å²) in [5.41, 5.74) is 9.98. The molecule has 0 saturated heterocycles. The molecular formula is C22H22N4O3S3. The van der Waals surface area contributed by atoms with Gasteiger partial charge in [-0.1, -0.05) is 12.1 Å². The number of benzene rings is 2. The molecule has 2 aromatic heterocycles. The van der Waals surface area contributed by atoms with Gasteiger partial charge in [0.1, 0.15) is 18.3 Å². The van der Waals surface area contributed by atoms with Gasteiger partial charge >= 0.3 is 0 Å². The number of amidine groups is 1. The van der Waals surface area contributed by atoms with Crippen molar-refractivity contribution in [1.82, 2.24) is 9.97 Å². The van der Waals surface area contributed by atoms with Gasteiger partial charge in [0.15, 0.2) is 0 Å². The summed E-state index contributed by atoms with van der Waals surface area (Å²) in [5, 5.41) is 7.66. The van der Waals surface area contributed by atoms with Crippen molar-refractivity contribution in [3.05, 3.63) is 58.7 Å². The second kappa shape index (κ2) is 8.70. The van der Waals surface area contributed by atoms with E-state index in [4.69, 9.17) is 15.9 Å². The Labute approximate surface area is 194 Å². The van der Waals surface area contributed by atoms with E-state index in [1.54, 1.807) is 25.3 Å². The Balaban J connectivity index is 1.80. The minimum absolute atomic E-state index is 0.142. The number of nitrogen functional groups attached to an aromatic ring is 1. The number of nitrogens with two attached hydrogens (primary N) is 1. The van der Waals surface area contributed by atoms with Crippen LogP contribution in [0.4, 0.5) is 0 Å². The Bertz CT molecular complexity index is 1440. The average Bonchev–Trinajstić information content (AvgIpc) is 3.37. The Kier molecular flexibility index (Phi) is 6.13. The molecule has 4 aromatic rings. The van der Waals surface area contributed by atoms with Crippen molar-refractivity contribution in [2.45, 2.75) is 27.5 Å². The number of sulfone groups is 1. The third kappa shape index (κ3) is 4.06. The van der Waals surface area contributed by atoms with Crippen molar-refractivity contribution in [3.8, 4) is 11.1 Å². The highest BCUT2D eigenvalue weighted by molar-refractivity contribution is 8.01. The number of ether oxygens (including phenoxy) is 1. The standard InChI is InChI=1S/C22H22N4O3S3/c1-12-7-16-17(26-20(25-16)11-29-2)9-15(12)13-5-4-6-14(8-13)32(27,28)19-10-18(21(23)24)31-22(19)30-3/h4-10H,11H2,1-3H3,(H3,23,24)(H,25,26). The predicted octanol–water partition coefficient (Wildman–Crippen LogP) is 4.58. The zero-order valence-corrected chi connectivity index (χ0v) is 20.2. The van der Waals surface area contributed by atoms with E-state index in [0.29, 0.717) is 15.7 Å². The molecule has 166 valence electrons. The van der Waals surface area contributed by atoms with Gasteiger partial charge in [-0.05, 0) is 60.2 Å². The summed E-state index contributed by atoms with van der Waals surface area (Å²) < 4.78 is 32.7. The normalized spacial score (nSPS) is 11.8. The molecule has 2 aromatic carbocycles. The first-order valence-electron chi connectivity index (χ1n) is 9.60. The van der Waals surface area contributed by atoms with E-state index < -0.39 is 9.84 Å². The highest BCUT2D eigenvalue weighted by Crippen LogP contribution is 2.38. The average molecular weight is 487 g/mol. The van der Waals surface area contributed by atoms with Gasteiger partial charge < -0.3 is 15.5 Å². The molecule has 0 saturated carbocycles. The highest BCUT2D eigenvalue weighted by atomic mass is 32.2. The maximum absolute atomic E-state index is 13.5. The largest absolute Gasteiger partial charge is 0.383 e. The van der Waals surface area contributed by atoms with E-state index in [1.165, 1.54) is 29.2 Å². The molecule has 0 unspecified atom stereocenters. The number of thioether (sulfide) groups is 1. The molecule has 0 amide bonds. The summed E-state index contributed by atoms with van der Waals surface area (Å²) in [4.78, 5) is 8.61. The third-order valence-electron chi connectivity index (χ3n) is 5.02. The monoisotopic (exact) mass is 486 g/mol. The molecule has 10 heteroatoms. The van der Waals surface area contributed by atoms with Gasteiger partial charge in [-0.3, -0.25) is 5.41 Å². The number of imidazole rings is 1. The van der Waals surface area contributed by atoms with Crippen LogP contribution in [0.25, 0.3) is 22.2 Å². The molecule has 0 atom stereocenters. The first-order valence-corrected chi connectivity index (χ1v) is 13.1. The van der Waals surface area contributed by atoms with Gasteiger partial charge in [-0.15, -0.1) is 23.1 Å². The van der Waals surface area contributed by atoms with E-state index in [9.17, 15) is 8.42 Å². The second-order valence-corrected chi connectivity index (χ2v) is 11.3. The van der Waals surface area contributed by atoms with Gasteiger partial charge in [0.2, 0.25) is 9.84 Å². The lowest BCUT2D eigenvalue weighted by Gasteiger charge is -2.10. The van der Waals surface area contributed by atoms with E-state index in [-0.39, 0.29) is 15.6 Å². The van der Waals surface area contributed by atoms with Crippen molar-refractivity contribution in [2.75, 3.05) is 13.4 Å². The number of aryl methyl sites for hydroxylation is 1. The van der Waals surface area contributed by atoms with Crippen LogP contribution >= 0.6 is 23.1 Å². The fourth-order valence-electron chi connectivity index (χ4n) is 3.51. The molecule has 2 heterocycles. The van der Waals surface area contributed by atoms with Crippen LogP contribution in [0.3, 0.4) is 0 Å². The molecule has 0 bridgehead atoms. The molecule has 7 nitrogen and oxygen atoms in total. The molecule has 0 fully saturated rings. The maximum Gasteiger partial charge on any atom is 0.208 e. The lowest BCUT2D eigenvalue weighted by atomic mass is 10.00. The molecule has 0 aliphatic carbocycles. The van der Waals surface area contributed by atoms with E-state index >= 15 is 0 Å². The van der Waals surface area contributed by atoms with Crippen molar-refractivity contribution in [1.29, 1.82) is 5.41 Å². The Morgan fingerprint density at radius 2 is 2.06 bits per heavy atom. The summed E-state index contributed by atoms with van der Waals surface area (Å²) in [5.74, 6) is 0.593. The number of thiophene rings is 1. The number of methoxy groups -OCH3 is 1. The van der Waals surface area contributed by atoms with Gasteiger partial charge in [0.05, 0.1) is 29.9 Å². The summed E-state index contributed by atoms with van der Waals surface area (Å²) in [6, 6.07) is 12.3. The van der Waals surface area contributed by atoms with Gasteiger partial charge in [-0.2, -0.15) is 0 Å². The quantitative estimate of drug-likeness (QED) is 0.200. The number of hydrogen-bond acceptors (Lipinski definition) is 7. The number of fused-ring (bicyclic) bond motifs is 1. The minimum Gasteiger partial charge on any atom is -0.383 e. The minimum atomic E-state index is -3.78. The molecule has 32 heavy (non-hydrogen) atoms. The van der Waals surface area contributed by atoms with Gasteiger partial charge in [0.25, 0.3) is 0 Å². The van der Waals surface area contributed by atoms with Crippen LogP contribution in [0.15, 0.2) is 56.5 Å². The molecule has 0 aliphatic rings. The second-order valence-electron chi connectivity index (χ2n) is 7.21. The number of nitrogens with one attached hydrogen (secondary N) is 2. The van der Waals surface area contributed by atoms with Crippen molar-refractivity contribution >= 4 is 49.8 Å². The van der Waals surface area contributed by atoms with Crippen LogP contribution < -0.4 is 5.73 Å². The van der Waals surface area contributed by atoms with Crippen LogP contribution in [0.1, 0.15) is 16.3 Å². The number of rotatable bonds is 7. The number of H-pyrrole nitrogens is 1. The zero-order valence-electron chi connectivity index (χ0n) is 17.7. The summed E-state index contributed by atoms with van der Waals surface area (Å²) in [6.07, 6.45) is 1.81. The van der Waals surface area contributed by atoms with Crippen LogP contribution in [-0.2, 0) is 21.2 Å². The molecule has 0 radical (unpaired) electrons. The summed E-state index contributed by atoms with van der Waals surface area (Å²) in [7, 11) is -2.17. The van der Waals surface area contributed by atoms with E-state index in [1.807, 2.05) is 31.4 Å². The Hall–Kier alpha value is -2.66. The fourth-order valence-corrected chi connectivity index (χ4v) is 7.41. The van der Waals surface area contributed by atoms with Crippen LogP contribution in [0.2, 0.25) is 0 Å². The number of hydrogen-bond donors (Lipinski definition) is 3. The Morgan fingerprint density at radius 3 is 2.75 bits per heavy atom. The lowest BCUT2D eigenvalue weighted by Crippen LogP contribution is -2.08. The molecule has 4 rings (SSSR count). The summed E-state index contributed by atoms with van der Waals surface area (Å²) >= 11 is 2.54. The van der Waals surface area contributed by atoms with Crippen molar-refractivity contribution in [3.63, 3.8) is 0 Å². The zero-order chi connectivity index (χ0) is 23.0. The highest BCUT2D eigenvalue weighted by Gasteiger charge is 2.25. The van der Waals surface area contributed by atoms with E-state index in [0.717, 1.165) is 33.5 Å². The third-order valence-corrected chi connectivity index (χ3v) is 9.36. The predicted molar refractivity (Wildman–Crippen MR) is 130 cm³/mol. The van der Waals surface area contributed by atoms with Crippen molar-refractivity contribution in [2.24, 2.45) is 5.73 Å². The van der Waals surface area contributed by atoms with Gasteiger partial charge in [-0.25, -0.2) is 13.4 Å². The molecule has 0 aliphatic heterocycles.